The quantitative estimate of drug-likeness (QED) is 0.258. The van der Waals surface area contributed by atoms with Crippen LogP contribution < -0.4 is 10.6 Å². The molecule has 4 aromatic carbocycles. The number of hydrogen-bond acceptors (Lipinski definition) is 4. The van der Waals surface area contributed by atoms with Crippen molar-refractivity contribution in [1.29, 1.82) is 0 Å². The summed E-state index contributed by atoms with van der Waals surface area (Å²) in [7, 11) is 0. The van der Waals surface area contributed by atoms with Crippen molar-refractivity contribution in [2.45, 2.75) is 37.0 Å². The summed E-state index contributed by atoms with van der Waals surface area (Å²) in [5.41, 5.74) is 9.98. The number of fused-ring (bicyclic) bond motifs is 3. The molecule has 2 bridgehead atoms. The lowest BCUT2D eigenvalue weighted by Crippen LogP contribution is -2.59. The van der Waals surface area contributed by atoms with Crippen LogP contribution in [0.15, 0.2) is 121 Å². The summed E-state index contributed by atoms with van der Waals surface area (Å²) in [5.74, 6) is 0.528. The van der Waals surface area contributed by atoms with Crippen LogP contribution in [0.5, 0.6) is 0 Å². The van der Waals surface area contributed by atoms with E-state index in [1.807, 2.05) is 0 Å². The second-order valence-corrected chi connectivity index (χ2v) is 11.0. The lowest BCUT2D eigenvalue weighted by Gasteiger charge is -2.51. The summed E-state index contributed by atoms with van der Waals surface area (Å²) in [5, 5.41) is 10.3. The maximum atomic E-state index is 4.96. The van der Waals surface area contributed by atoms with Crippen LogP contribution in [0.3, 0.4) is 0 Å². The van der Waals surface area contributed by atoms with Gasteiger partial charge in [0.15, 0.2) is 0 Å². The van der Waals surface area contributed by atoms with Crippen molar-refractivity contribution < 1.29 is 0 Å². The summed E-state index contributed by atoms with van der Waals surface area (Å²) in [6.07, 6.45) is 0. The first-order valence-electron chi connectivity index (χ1n) is 14.2. The SMILES string of the molecule is c1ccc2c(c1)C1c3ccccc3C2[C@@H](NCc2ccc3ccccc3n2)[C@@H]1NCc1ccc2ccccc2n1. The molecule has 6 aromatic rings. The summed E-state index contributed by atoms with van der Waals surface area (Å²) < 4.78 is 0. The highest BCUT2D eigenvalue weighted by Crippen LogP contribution is 2.52. The van der Waals surface area contributed by atoms with Crippen molar-refractivity contribution in [1.82, 2.24) is 20.6 Å². The Labute approximate surface area is 234 Å². The van der Waals surface area contributed by atoms with E-state index < -0.39 is 0 Å². The molecular formula is C36H30N4. The number of para-hydroxylation sites is 2. The van der Waals surface area contributed by atoms with Gasteiger partial charge in [0.1, 0.15) is 0 Å². The summed E-state index contributed by atoms with van der Waals surface area (Å²) in [6, 6.07) is 43.8. The van der Waals surface area contributed by atoms with E-state index in [-0.39, 0.29) is 23.9 Å². The van der Waals surface area contributed by atoms with Gasteiger partial charge in [-0.05, 0) is 46.5 Å². The Morgan fingerprint density at radius 3 is 1.23 bits per heavy atom. The molecule has 0 amide bonds. The zero-order chi connectivity index (χ0) is 26.5. The van der Waals surface area contributed by atoms with E-state index in [2.05, 4.69) is 132 Å². The predicted octanol–water partition coefficient (Wildman–Crippen LogP) is 6.69. The van der Waals surface area contributed by atoms with Gasteiger partial charge in [0.25, 0.3) is 0 Å². The van der Waals surface area contributed by atoms with Crippen LogP contribution in [0.2, 0.25) is 0 Å². The lowest BCUT2D eigenvalue weighted by atomic mass is 9.59. The minimum atomic E-state index is 0.212. The first-order valence-corrected chi connectivity index (χ1v) is 14.2. The summed E-state index contributed by atoms with van der Waals surface area (Å²) in [4.78, 5) is 9.93. The Morgan fingerprint density at radius 2 is 0.800 bits per heavy atom. The fraction of sp³-hybridized carbons (Fsp3) is 0.167. The van der Waals surface area contributed by atoms with Gasteiger partial charge in [-0.15, -0.1) is 0 Å². The molecule has 2 aromatic heterocycles. The standard InChI is InChI=1S/C36H30N4/c1-7-15-31-23(9-1)17-19-25(39-31)21-37-35-33-27-11-3-5-13-29(27)34(30-14-6-4-12-28(30)33)36(35)38-22-26-20-18-24-10-2-8-16-32(24)40-26/h1-20,33-38H,21-22H2/t33?,34?,35-,36-/m1/s1. The molecular weight excluding hydrogens is 488 g/mol. The van der Waals surface area contributed by atoms with Gasteiger partial charge in [0, 0.05) is 47.8 Å². The van der Waals surface area contributed by atoms with E-state index in [0.717, 1.165) is 35.5 Å². The van der Waals surface area contributed by atoms with E-state index in [1.165, 1.54) is 33.0 Å². The molecule has 0 unspecified atom stereocenters. The Kier molecular flexibility index (Phi) is 5.68. The zero-order valence-electron chi connectivity index (χ0n) is 22.2. The van der Waals surface area contributed by atoms with Crippen molar-refractivity contribution in [3.05, 3.63) is 155 Å². The number of aromatic nitrogens is 2. The van der Waals surface area contributed by atoms with Gasteiger partial charge in [0.2, 0.25) is 0 Å². The molecule has 0 saturated carbocycles. The molecule has 3 aliphatic carbocycles. The summed E-state index contributed by atoms with van der Waals surface area (Å²) >= 11 is 0. The van der Waals surface area contributed by atoms with Gasteiger partial charge >= 0.3 is 0 Å². The van der Waals surface area contributed by atoms with Gasteiger partial charge in [0.05, 0.1) is 22.4 Å². The molecule has 2 heterocycles. The molecule has 0 aliphatic heterocycles. The van der Waals surface area contributed by atoms with Gasteiger partial charge in [-0.1, -0.05) is 97.1 Å². The van der Waals surface area contributed by atoms with Crippen LogP contribution >= 0.6 is 0 Å². The molecule has 9 rings (SSSR count). The van der Waals surface area contributed by atoms with Crippen LogP contribution in [-0.2, 0) is 13.1 Å². The first kappa shape index (κ1) is 23.5. The minimum absolute atomic E-state index is 0.212. The Bertz CT molecular complexity index is 1680. The highest BCUT2D eigenvalue weighted by molar-refractivity contribution is 5.79. The number of nitrogens with one attached hydrogen (secondary N) is 2. The van der Waals surface area contributed by atoms with Crippen molar-refractivity contribution in [3.8, 4) is 0 Å². The van der Waals surface area contributed by atoms with E-state index in [1.54, 1.807) is 0 Å². The lowest BCUT2D eigenvalue weighted by molar-refractivity contribution is 0.275. The van der Waals surface area contributed by atoms with Crippen LogP contribution in [0.1, 0.15) is 45.5 Å². The van der Waals surface area contributed by atoms with Crippen LogP contribution in [0.25, 0.3) is 21.8 Å². The smallest absolute Gasteiger partial charge is 0.0705 e. The minimum Gasteiger partial charge on any atom is -0.306 e. The molecule has 2 N–H and O–H groups in total. The highest BCUT2D eigenvalue weighted by Gasteiger charge is 2.49. The second-order valence-electron chi connectivity index (χ2n) is 11.0. The van der Waals surface area contributed by atoms with Crippen molar-refractivity contribution in [3.63, 3.8) is 0 Å². The molecule has 3 aliphatic rings. The largest absolute Gasteiger partial charge is 0.306 e. The van der Waals surface area contributed by atoms with Crippen LogP contribution in [-0.4, -0.2) is 22.1 Å². The number of benzene rings is 4. The number of nitrogens with zero attached hydrogens (tertiary/aromatic N) is 2. The van der Waals surface area contributed by atoms with E-state index in [0.29, 0.717) is 0 Å². The molecule has 4 heteroatoms. The predicted molar refractivity (Wildman–Crippen MR) is 161 cm³/mol. The Hall–Kier alpha value is -4.38. The molecule has 194 valence electrons. The number of pyridine rings is 2. The Morgan fingerprint density at radius 1 is 0.425 bits per heavy atom. The molecule has 0 fully saturated rings. The van der Waals surface area contributed by atoms with Crippen LogP contribution in [0.4, 0.5) is 0 Å². The highest BCUT2D eigenvalue weighted by atomic mass is 15.1. The van der Waals surface area contributed by atoms with E-state index >= 15 is 0 Å². The van der Waals surface area contributed by atoms with E-state index in [9.17, 15) is 0 Å². The molecule has 4 nitrogen and oxygen atoms in total. The summed E-state index contributed by atoms with van der Waals surface area (Å²) in [6.45, 7) is 1.44. The third-order valence-electron chi connectivity index (χ3n) is 8.79. The molecule has 40 heavy (non-hydrogen) atoms. The van der Waals surface area contributed by atoms with Gasteiger partial charge < -0.3 is 10.6 Å². The molecule has 0 saturated heterocycles. The molecule has 0 spiro atoms. The van der Waals surface area contributed by atoms with Gasteiger partial charge in [-0.3, -0.25) is 9.97 Å². The fourth-order valence-corrected chi connectivity index (χ4v) is 7.03. The third-order valence-corrected chi connectivity index (χ3v) is 8.79. The van der Waals surface area contributed by atoms with Crippen molar-refractivity contribution >= 4 is 21.8 Å². The zero-order valence-corrected chi connectivity index (χ0v) is 22.2. The van der Waals surface area contributed by atoms with Gasteiger partial charge in [-0.2, -0.15) is 0 Å². The maximum Gasteiger partial charge on any atom is 0.0705 e. The average molecular weight is 519 g/mol. The van der Waals surface area contributed by atoms with Crippen LogP contribution in [0, 0.1) is 0 Å². The monoisotopic (exact) mass is 518 g/mol. The van der Waals surface area contributed by atoms with Crippen molar-refractivity contribution in [2.24, 2.45) is 0 Å². The number of hydrogen-bond donors (Lipinski definition) is 2. The topological polar surface area (TPSA) is 49.8 Å². The molecule has 0 radical (unpaired) electrons. The van der Waals surface area contributed by atoms with E-state index in [4.69, 9.17) is 9.97 Å². The Balaban J connectivity index is 1.16. The normalized spacial score (nSPS) is 20.9. The average Bonchev–Trinajstić information content (AvgIpc) is 3.02. The van der Waals surface area contributed by atoms with Gasteiger partial charge in [-0.25, -0.2) is 0 Å². The van der Waals surface area contributed by atoms with Crippen molar-refractivity contribution in [2.75, 3.05) is 0 Å². The second kappa shape index (κ2) is 9.67. The fourth-order valence-electron chi connectivity index (χ4n) is 7.03. The molecule has 2 atom stereocenters. The third kappa shape index (κ3) is 3.91. The maximum absolute atomic E-state index is 4.96. The number of rotatable bonds is 6. The first-order chi connectivity index (χ1) is 19.8.